The second-order valence-corrected chi connectivity index (χ2v) is 7.04. The Kier molecular flexibility index (Phi) is 4.89. The van der Waals surface area contributed by atoms with Crippen molar-refractivity contribution in [3.63, 3.8) is 0 Å². The van der Waals surface area contributed by atoms with Crippen LogP contribution in [0.15, 0.2) is 12.1 Å². The van der Waals surface area contributed by atoms with E-state index < -0.39 is 0 Å². The lowest BCUT2D eigenvalue weighted by atomic mass is 9.91. The molecule has 1 N–H and O–H groups in total. The zero-order valence-corrected chi connectivity index (χ0v) is 13.8. The summed E-state index contributed by atoms with van der Waals surface area (Å²) in [5.41, 5.74) is 1.23. The third kappa shape index (κ3) is 4.17. The lowest BCUT2D eigenvalue weighted by molar-refractivity contribution is 0.0907. The normalized spacial score (nSPS) is 22.3. The fraction of sp³-hybridized carbons (Fsp3) is 0.625. The van der Waals surface area contributed by atoms with Crippen LogP contribution in [0.3, 0.4) is 0 Å². The molecule has 4 nitrogen and oxygen atoms in total. The Balaban J connectivity index is 2.07. The molecule has 21 heavy (non-hydrogen) atoms. The van der Waals surface area contributed by atoms with Crippen molar-refractivity contribution in [2.45, 2.75) is 45.6 Å². The van der Waals surface area contributed by atoms with E-state index >= 15 is 0 Å². The van der Waals surface area contributed by atoms with Gasteiger partial charge in [-0.25, -0.2) is 4.98 Å². The van der Waals surface area contributed by atoms with Crippen molar-refractivity contribution in [3.05, 3.63) is 28.5 Å². The van der Waals surface area contributed by atoms with Crippen molar-refractivity contribution in [1.82, 2.24) is 10.3 Å². The molecular weight excluding hydrogens is 288 g/mol. The van der Waals surface area contributed by atoms with Crippen LogP contribution in [0.4, 0.5) is 0 Å². The number of rotatable bonds is 3. The Hall–Kier alpha value is -1.13. The molecule has 1 aromatic heterocycles. The van der Waals surface area contributed by atoms with Crippen LogP contribution in [0.5, 0.6) is 0 Å². The molecule has 116 valence electrons. The van der Waals surface area contributed by atoms with Crippen molar-refractivity contribution < 1.29 is 9.53 Å². The van der Waals surface area contributed by atoms with E-state index in [9.17, 15) is 4.79 Å². The zero-order chi connectivity index (χ0) is 15.6. The minimum absolute atomic E-state index is 0.107. The molecule has 0 aliphatic carbocycles. The topological polar surface area (TPSA) is 51.2 Å². The third-order valence-corrected chi connectivity index (χ3v) is 4.08. The number of nitrogens with zero attached hydrogens (tertiary/aromatic N) is 1. The van der Waals surface area contributed by atoms with E-state index in [1.165, 1.54) is 0 Å². The van der Waals surface area contributed by atoms with Crippen LogP contribution in [-0.2, 0) is 10.2 Å². The molecule has 1 aliphatic heterocycles. The lowest BCUT2D eigenvalue weighted by Gasteiger charge is -2.19. The van der Waals surface area contributed by atoms with Gasteiger partial charge >= 0.3 is 0 Å². The lowest BCUT2D eigenvalue weighted by Crippen LogP contribution is -2.32. The van der Waals surface area contributed by atoms with E-state index in [1.807, 2.05) is 33.8 Å². The number of hydrogen-bond donors (Lipinski definition) is 1. The molecule has 0 spiro atoms. The number of ether oxygens (including phenoxy) is 1. The van der Waals surface area contributed by atoms with Gasteiger partial charge in [0.2, 0.25) is 0 Å². The van der Waals surface area contributed by atoms with Crippen LogP contribution in [0.1, 0.15) is 50.2 Å². The first-order valence-corrected chi connectivity index (χ1v) is 7.73. The number of nitrogens with one attached hydrogen (secondary N) is 1. The van der Waals surface area contributed by atoms with Crippen molar-refractivity contribution >= 4 is 17.5 Å². The summed E-state index contributed by atoms with van der Waals surface area (Å²) < 4.78 is 5.50. The summed E-state index contributed by atoms with van der Waals surface area (Å²) in [4.78, 5) is 16.6. The third-order valence-electron chi connectivity index (χ3n) is 3.88. The molecule has 0 aromatic carbocycles. The van der Waals surface area contributed by atoms with Gasteiger partial charge in [-0.05, 0) is 25.5 Å². The van der Waals surface area contributed by atoms with Gasteiger partial charge in [-0.1, -0.05) is 32.4 Å². The average Bonchev–Trinajstić information content (AvgIpc) is 2.79. The Morgan fingerprint density at radius 1 is 1.48 bits per heavy atom. The minimum atomic E-state index is -0.145. The summed E-state index contributed by atoms with van der Waals surface area (Å²) in [6, 6.07) is 3.43. The van der Waals surface area contributed by atoms with Crippen molar-refractivity contribution in [1.29, 1.82) is 0 Å². The van der Waals surface area contributed by atoms with E-state index in [2.05, 4.69) is 10.3 Å². The van der Waals surface area contributed by atoms with Gasteiger partial charge in [0.05, 0.1) is 6.10 Å². The molecule has 5 heteroatoms. The number of carbonyl (C=O) groups is 1. The molecule has 1 saturated heterocycles. The average molecular weight is 311 g/mol. The van der Waals surface area contributed by atoms with Crippen LogP contribution in [-0.4, -0.2) is 30.1 Å². The first-order valence-electron chi connectivity index (χ1n) is 7.35. The van der Waals surface area contributed by atoms with Crippen LogP contribution in [0.25, 0.3) is 0 Å². The number of carbonyl (C=O) groups excluding carboxylic acids is 1. The maximum Gasteiger partial charge on any atom is 0.251 e. The van der Waals surface area contributed by atoms with Crippen LogP contribution in [0.2, 0.25) is 5.15 Å². The quantitative estimate of drug-likeness (QED) is 0.872. The van der Waals surface area contributed by atoms with Crippen molar-refractivity contribution in [2.75, 3.05) is 13.2 Å². The summed E-state index contributed by atoms with van der Waals surface area (Å²) in [6.45, 7) is 9.59. The summed E-state index contributed by atoms with van der Waals surface area (Å²) in [6.07, 6.45) is 1.20. The van der Waals surface area contributed by atoms with E-state index in [0.29, 0.717) is 23.2 Å². The predicted molar refractivity (Wildman–Crippen MR) is 83.8 cm³/mol. The van der Waals surface area contributed by atoms with Gasteiger partial charge in [-0.15, -0.1) is 0 Å². The van der Waals surface area contributed by atoms with Crippen LogP contribution in [0, 0.1) is 5.92 Å². The second-order valence-electron chi connectivity index (χ2n) is 6.65. The van der Waals surface area contributed by atoms with E-state index in [4.69, 9.17) is 16.3 Å². The highest BCUT2D eigenvalue weighted by molar-refractivity contribution is 6.29. The van der Waals surface area contributed by atoms with E-state index in [0.717, 1.165) is 18.7 Å². The van der Waals surface area contributed by atoms with E-state index in [1.54, 1.807) is 6.07 Å². The molecule has 1 aliphatic rings. The van der Waals surface area contributed by atoms with Gasteiger partial charge < -0.3 is 10.1 Å². The van der Waals surface area contributed by atoms with Crippen molar-refractivity contribution in [2.24, 2.45) is 5.92 Å². The SMILES string of the molecule is CC1OCCC1CNC(=O)c1cc(Cl)nc(C(C)(C)C)c1. The van der Waals surface area contributed by atoms with Gasteiger partial charge in [-0.3, -0.25) is 4.79 Å². The molecule has 1 fully saturated rings. The molecule has 0 bridgehead atoms. The van der Waals surface area contributed by atoms with Gasteiger partial charge in [0.25, 0.3) is 5.91 Å². The molecule has 2 rings (SSSR count). The summed E-state index contributed by atoms with van der Waals surface area (Å²) in [7, 11) is 0. The number of pyridine rings is 1. The van der Waals surface area contributed by atoms with E-state index in [-0.39, 0.29) is 17.4 Å². The monoisotopic (exact) mass is 310 g/mol. The predicted octanol–water partition coefficient (Wildman–Crippen LogP) is 3.19. The molecule has 0 saturated carbocycles. The highest BCUT2D eigenvalue weighted by Gasteiger charge is 2.25. The molecule has 2 atom stereocenters. The first-order chi connectivity index (χ1) is 9.77. The fourth-order valence-electron chi connectivity index (χ4n) is 2.38. The Bertz CT molecular complexity index is 525. The standard InChI is InChI=1S/C16H23ClN2O2/c1-10-11(5-6-21-10)9-18-15(20)12-7-13(16(2,3)4)19-14(17)8-12/h7-8,10-11H,5-6,9H2,1-4H3,(H,18,20). The highest BCUT2D eigenvalue weighted by atomic mass is 35.5. The second kappa shape index (κ2) is 6.32. The minimum Gasteiger partial charge on any atom is -0.378 e. The van der Waals surface area contributed by atoms with Crippen LogP contribution < -0.4 is 5.32 Å². The number of aromatic nitrogens is 1. The molecule has 2 heterocycles. The molecule has 2 unspecified atom stereocenters. The summed E-state index contributed by atoms with van der Waals surface area (Å²) in [5.74, 6) is 0.275. The largest absolute Gasteiger partial charge is 0.378 e. The maximum absolute atomic E-state index is 12.3. The molecule has 0 radical (unpaired) electrons. The van der Waals surface area contributed by atoms with Gasteiger partial charge in [0, 0.05) is 35.7 Å². The Labute approximate surface area is 131 Å². The number of hydrogen-bond acceptors (Lipinski definition) is 3. The van der Waals surface area contributed by atoms with Gasteiger partial charge in [0.15, 0.2) is 0 Å². The Morgan fingerprint density at radius 2 is 2.19 bits per heavy atom. The molecule has 1 aromatic rings. The smallest absolute Gasteiger partial charge is 0.251 e. The molecule has 1 amide bonds. The first kappa shape index (κ1) is 16.2. The number of amides is 1. The van der Waals surface area contributed by atoms with Gasteiger partial charge in [-0.2, -0.15) is 0 Å². The summed E-state index contributed by atoms with van der Waals surface area (Å²) >= 11 is 6.04. The highest BCUT2D eigenvalue weighted by Crippen LogP contribution is 2.24. The van der Waals surface area contributed by atoms with Crippen LogP contribution >= 0.6 is 11.6 Å². The van der Waals surface area contributed by atoms with Gasteiger partial charge in [0.1, 0.15) is 5.15 Å². The number of halogens is 1. The maximum atomic E-state index is 12.3. The summed E-state index contributed by atoms with van der Waals surface area (Å²) in [5, 5.41) is 3.32. The Morgan fingerprint density at radius 3 is 2.76 bits per heavy atom. The van der Waals surface area contributed by atoms with Crippen molar-refractivity contribution in [3.8, 4) is 0 Å². The fourth-order valence-corrected chi connectivity index (χ4v) is 2.59. The zero-order valence-electron chi connectivity index (χ0n) is 13.1. The molecular formula is C16H23ClN2O2.